The van der Waals surface area contributed by atoms with Gasteiger partial charge in [-0.1, -0.05) is 47.0 Å². The molecule has 8 nitrogen and oxygen atoms in total. The number of amides is 2. The molecule has 0 fully saturated rings. The molecular weight excluding hydrogens is 573 g/mol. The Labute approximate surface area is 245 Å². The maximum atomic E-state index is 14.0. The molecule has 1 unspecified atom stereocenters. The van der Waals surface area contributed by atoms with E-state index in [1.165, 1.54) is 24.1 Å². The Morgan fingerprint density at radius 2 is 1.50 bits per heavy atom. The number of aryl methyl sites for hydroxylation is 1. The van der Waals surface area contributed by atoms with Gasteiger partial charge in [0.2, 0.25) is 11.8 Å². The number of benzene rings is 3. The molecule has 0 aliphatic heterocycles. The Hall–Kier alpha value is -3.27. The van der Waals surface area contributed by atoms with E-state index in [1.54, 1.807) is 75.4 Å². The fourth-order valence-electron chi connectivity index (χ4n) is 3.96. The van der Waals surface area contributed by atoms with Crippen LogP contribution in [0.2, 0.25) is 10.0 Å². The quantitative estimate of drug-likeness (QED) is 0.313. The number of nitrogens with one attached hydrogen (secondary N) is 1. The summed E-state index contributed by atoms with van der Waals surface area (Å²) in [6.07, 6.45) is 0. The molecule has 0 saturated carbocycles. The Bertz CT molecular complexity index is 1430. The second-order valence-corrected chi connectivity index (χ2v) is 12.3. The summed E-state index contributed by atoms with van der Waals surface area (Å²) in [6.45, 7) is 6.35. The minimum Gasteiger partial charge on any atom is -0.497 e. The minimum absolute atomic E-state index is 0.0213. The summed E-state index contributed by atoms with van der Waals surface area (Å²) in [4.78, 5) is 28.3. The molecule has 0 bridgehead atoms. The van der Waals surface area contributed by atoms with Crippen molar-refractivity contribution in [3.05, 3.63) is 87.9 Å². The van der Waals surface area contributed by atoms with Crippen LogP contribution in [0.4, 0.5) is 5.69 Å². The number of sulfonamides is 1. The van der Waals surface area contributed by atoms with Gasteiger partial charge >= 0.3 is 0 Å². The first-order valence-corrected chi connectivity index (χ1v) is 14.8. The van der Waals surface area contributed by atoms with Gasteiger partial charge in [0.05, 0.1) is 17.7 Å². The van der Waals surface area contributed by atoms with Crippen molar-refractivity contribution >= 4 is 50.7 Å². The zero-order valence-electron chi connectivity index (χ0n) is 23.0. The van der Waals surface area contributed by atoms with Crippen molar-refractivity contribution in [2.45, 2.75) is 51.2 Å². The third kappa shape index (κ3) is 7.47. The van der Waals surface area contributed by atoms with Gasteiger partial charge in [0.1, 0.15) is 18.3 Å². The molecule has 0 saturated heterocycles. The second-order valence-electron chi connectivity index (χ2n) is 9.58. The molecule has 40 heavy (non-hydrogen) atoms. The molecule has 3 rings (SSSR count). The fourth-order valence-corrected chi connectivity index (χ4v) is 5.89. The number of ether oxygens (including phenoxy) is 1. The van der Waals surface area contributed by atoms with Crippen LogP contribution in [0.1, 0.15) is 31.9 Å². The Balaban J connectivity index is 2.07. The zero-order valence-corrected chi connectivity index (χ0v) is 25.3. The molecule has 0 radical (unpaired) electrons. The standard InChI is InChI=1S/C29H33Cl2N3O5S/c1-19(2)32-29(36)21(4)33(17-25-26(30)7-6-8-27(25)31)28(35)18-34(22-11-13-23(39-5)14-12-22)40(37,38)24-15-9-20(3)10-16-24/h6-16,19,21H,17-18H2,1-5H3,(H,32,36). The third-order valence-electron chi connectivity index (χ3n) is 6.24. The maximum absolute atomic E-state index is 14.0. The predicted molar refractivity (Wildman–Crippen MR) is 158 cm³/mol. The van der Waals surface area contributed by atoms with E-state index >= 15 is 0 Å². The van der Waals surface area contributed by atoms with E-state index in [9.17, 15) is 18.0 Å². The maximum Gasteiger partial charge on any atom is 0.264 e. The molecule has 214 valence electrons. The summed E-state index contributed by atoms with van der Waals surface area (Å²) in [5.41, 5.74) is 1.59. The van der Waals surface area contributed by atoms with E-state index in [2.05, 4.69) is 5.32 Å². The highest BCUT2D eigenvalue weighted by molar-refractivity contribution is 7.92. The van der Waals surface area contributed by atoms with Gasteiger partial charge in [-0.2, -0.15) is 0 Å². The van der Waals surface area contributed by atoms with Crippen molar-refractivity contribution in [1.82, 2.24) is 10.2 Å². The average molecular weight is 607 g/mol. The lowest BCUT2D eigenvalue weighted by molar-refractivity contribution is -0.139. The lowest BCUT2D eigenvalue weighted by Crippen LogP contribution is -2.52. The van der Waals surface area contributed by atoms with Crippen LogP contribution in [0.5, 0.6) is 5.75 Å². The van der Waals surface area contributed by atoms with E-state index in [-0.39, 0.29) is 23.2 Å². The molecule has 0 aliphatic carbocycles. The molecule has 0 aliphatic rings. The number of carbonyl (C=O) groups is 2. The van der Waals surface area contributed by atoms with Gasteiger partial charge in [0, 0.05) is 28.2 Å². The molecule has 0 heterocycles. The van der Waals surface area contributed by atoms with Crippen molar-refractivity contribution in [1.29, 1.82) is 0 Å². The van der Waals surface area contributed by atoms with Gasteiger partial charge in [-0.3, -0.25) is 13.9 Å². The molecule has 1 atom stereocenters. The average Bonchev–Trinajstić information content (AvgIpc) is 2.91. The first kappa shape index (κ1) is 31.3. The van der Waals surface area contributed by atoms with Crippen LogP contribution in [0.3, 0.4) is 0 Å². The highest BCUT2D eigenvalue weighted by Crippen LogP contribution is 2.29. The summed E-state index contributed by atoms with van der Waals surface area (Å²) in [6, 6.07) is 16.5. The molecule has 11 heteroatoms. The van der Waals surface area contributed by atoms with Crippen LogP contribution >= 0.6 is 23.2 Å². The first-order valence-electron chi connectivity index (χ1n) is 12.6. The predicted octanol–water partition coefficient (Wildman–Crippen LogP) is 5.45. The summed E-state index contributed by atoms with van der Waals surface area (Å²) < 4.78 is 34.0. The largest absolute Gasteiger partial charge is 0.497 e. The Morgan fingerprint density at radius 1 is 0.925 bits per heavy atom. The molecule has 3 aromatic rings. The van der Waals surface area contributed by atoms with E-state index < -0.39 is 34.4 Å². The molecule has 2 amide bonds. The van der Waals surface area contributed by atoms with Crippen LogP contribution in [0.15, 0.2) is 71.6 Å². The first-order chi connectivity index (χ1) is 18.8. The number of hydrogen-bond donors (Lipinski definition) is 1. The molecule has 1 N–H and O–H groups in total. The van der Waals surface area contributed by atoms with Gasteiger partial charge < -0.3 is 15.0 Å². The van der Waals surface area contributed by atoms with Gasteiger partial charge in [0.25, 0.3) is 10.0 Å². The number of methoxy groups -OCH3 is 1. The molecule has 3 aromatic carbocycles. The highest BCUT2D eigenvalue weighted by atomic mass is 35.5. The number of carbonyl (C=O) groups excluding carboxylic acids is 2. The van der Waals surface area contributed by atoms with Crippen LogP contribution in [-0.2, 0) is 26.2 Å². The lowest BCUT2D eigenvalue weighted by Gasteiger charge is -2.32. The van der Waals surface area contributed by atoms with Crippen molar-refractivity contribution in [2.75, 3.05) is 18.0 Å². The van der Waals surface area contributed by atoms with Crippen LogP contribution in [0, 0.1) is 6.92 Å². The van der Waals surface area contributed by atoms with Crippen molar-refractivity contribution in [2.24, 2.45) is 0 Å². The second kappa shape index (κ2) is 13.4. The zero-order chi connectivity index (χ0) is 29.6. The number of anilines is 1. The monoisotopic (exact) mass is 605 g/mol. The fraction of sp³-hybridized carbons (Fsp3) is 0.310. The number of nitrogens with zero attached hydrogens (tertiary/aromatic N) is 2. The third-order valence-corrected chi connectivity index (χ3v) is 8.73. The van der Waals surface area contributed by atoms with Crippen molar-refractivity contribution in [3.8, 4) is 5.75 Å². The number of hydrogen-bond acceptors (Lipinski definition) is 5. The lowest BCUT2D eigenvalue weighted by atomic mass is 10.1. The summed E-state index contributed by atoms with van der Waals surface area (Å²) in [5, 5.41) is 3.45. The minimum atomic E-state index is -4.18. The van der Waals surface area contributed by atoms with Gasteiger partial charge in [-0.25, -0.2) is 8.42 Å². The van der Waals surface area contributed by atoms with E-state index in [0.717, 1.165) is 9.87 Å². The van der Waals surface area contributed by atoms with Gasteiger partial charge in [-0.05, 0) is 76.2 Å². The Morgan fingerprint density at radius 3 is 2.02 bits per heavy atom. The summed E-state index contributed by atoms with van der Waals surface area (Å²) >= 11 is 12.8. The van der Waals surface area contributed by atoms with Crippen LogP contribution in [0.25, 0.3) is 0 Å². The summed E-state index contributed by atoms with van der Waals surface area (Å²) in [5.74, 6) is -0.491. The smallest absolute Gasteiger partial charge is 0.264 e. The highest BCUT2D eigenvalue weighted by Gasteiger charge is 2.33. The van der Waals surface area contributed by atoms with Crippen LogP contribution < -0.4 is 14.4 Å². The van der Waals surface area contributed by atoms with Crippen LogP contribution in [-0.4, -0.2) is 50.9 Å². The van der Waals surface area contributed by atoms with E-state index in [1.807, 2.05) is 6.92 Å². The topological polar surface area (TPSA) is 96.0 Å². The number of rotatable bonds is 11. The van der Waals surface area contributed by atoms with E-state index in [0.29, 0.717) is 21.4 Å². The van der Waals surface area contributed by atoms with Crippen molar-refractivity contribution in [3.63, 3.8) is 0 Å². The summed E-state index contributed by atoms with van der Waals surface area (Å²) in [7, 11) is -2.68. The van der Waals surface area contributed by atoms with Gasteiger partial charge in [-0.15, -0.1) is 0 Å². The Kier molecular flexibility index (Phi) is 10.5. The van der Waals surface area contributed by atoms with Gasteiger partial charge in [0.15, 0.2) is 0 Å². The van der Waals surface area contributed by atoms with E-state index in [4.69, 9.17) is 27.9 Å². The molecule has 0 aromatic heterocycles. The normalized spacial score (nSPS) is 12.1. The number of halogens is 2. The van der Waals surface area contributed by atoms with Crippen molar-refractivity contribution < 1.29 is 22.7 Å². The SMILES string of the molecule is COc1ccc(N(CC(=O)N(Cc2c(Cl)cccc2Cl)C(C)C(=O)NC(C)C)S(=O)(=O)c2ccc(C)cc2)cc1. The molecule has 0 spiro atoms. The molecular formula is C29H33Cl2N3O5S.